The number of nitrogens with zero attached hydrogens (tertiary/aromatic N) is 1. The number of rotatable bonds is 3. The van der Waals surface area contributed by atoms with Gasteiger partial charge in [0.2, 0.25) is 5.91 Å². The summed E-state index contributed by atoms with van der Waals surface area (Å²) < 4.78 is 51.4. The van der Waals surface area contributed by atoms with Gasteiger partial charge >= 0.3 is 0 Å². The normalized spacial score (nSPS) is 23.5. The van der Waals surface area contributed by atoms with Gasteiger partial charge < -0.3 is 4.90 Å². The summed E-state index contributed by atoms with van der Waals surface area (Å²) >= 11 is 0. The number of alkyl halides is 2. The smallest absolute Gasteiger partial charge is 0.255 e. The van der Waals surface area contributed by atoms with Gasteiger partial charge in [-0.25, -0.2) is 17.6 Å². The van der Waals surface area contributed by atoms with Crippen molar-refractivity contribution < 1.29 is 22.4 Å². The third-order valence-corrected chi connectivity index (χ3v) is 2.96. The zero-order chi connectivity index (χ0) is 14.2. The van der Waals surface area contributed by atoms with Crippen molar-refractivity contribution in [1.82, 2.24) is 10.2 Å². The molecule has 1 aromatic carbocycles. The number of hydrogen-bond donors (Lipinski definition) is 1. The molecule has 0 saturated carbocycles. The number of hydrogen-bond acceptors (Lipinski definition) is 2. The van der Waals surface area contributed by atoms with Crippen LogP contribution in [-0.2, 0) is 4.79 Å². The summed E-state index contributed by atoms with van der Waals surface area (Å²) in [5.41, 5.74) is -0.0280. The first kappa shape index (κ1) is 13.8. The van der Waals surface area contributed by atoms with Crippen molar-refractivity contribution in [3.8, 4) is 0 Å². The van der Waals surface area contributed by atoms with E-state index in [4.69, 9.17) is 0 Å². The van der Waals surface area contributed by atoms with Crippen LogP contribution in [0.2, 0.25) is 0 Å². The van der Waals surface area contributed by atoms with Crippen LogP contribution in [0.3, 0.4) is 0 Å². The van der Waals surface area contributed by atoms with E-state index in [1.54, 1.807) is 0 Å². The molecular weight excluding hydrogens is 264 g/mol. The monoisotopic (exact) mass is 276 g/mol. The molecule has 2 rings (SSSR count). The lowest BCUT2D eigenvalue weighted by molar-refractivity contribution is -0.131. The van der Waals surface area contributed by atoms with Gasteiger partial charge in [-0.2, -0.15) is 0 Å². The van der Waals surface area contributed by atoms with E-state index in [0.717, 1.165) is 17.0 Å². The summed E-state index contributed by atoms with van der Waals surface area (Å²) in [5.74, 6) is -2.17. The van der Waals surface area contributed by atoms with Gasteiger partial charge in [0, 0.05) is 11.6 Å². The molecule has 2 unspecified atom stereocenters. The molecule has 2 atom stereocenters. The van der Waals surface area contributed by atoms with E-state index in [9.17, 15) is 22.4 Å². The van der Waals surface area contributed by atoms with Crippen LogP contribution in [-0.4, -0.2) is 29.8 Å². The Balaban J connectivity index is 2.33. The van der Waals surface area contributed by atoms with Crippen LogP contribution in [0.25, 0.3) is 0 Å². The zero-order valence-electron chi connectivity index (χ0n) is 10.0. The van der Waals surface area contributed by atoms with Gasteiger partial charge in [-0.05, 0) is 19.1 Å². The molecule has 1 aliphatic rings. The Morgan fingerprint density at radius 1 is 1.37 bits per heavy atom. The highest BCUT2D eigenvalue weighted by Crippen LogP contribution is 2.28. The highest BCUT2D eigenvalue weighted by Gasteiger charge is 2.39. The van der Waals surface area contributed by atoms with Crippen molar-refractivity contribution in [3.63, 3.8) is 0 Å². The van der Waals surface area contributed by atoms with Crippen LogP contribution in [0.4, 0.5) is 17.6 Å². The van der Waals surface area contributed by atoms with Gasteiger partial charge in [0.05, 0.1) is 12.6 Å². The summed E-state index contributed by atoms with van der Waals surface area (Å²) in [7, 11) is 0. The number of carbonyl (C=O) groups is 1. The fourth-order valence-electron chi connectivity index (χ4n) is 2.10. The lowest BCUT2D eigenvalue weighted by atomic mass is 10.1. The van der Waals surface area contributed by atoms with Gasteiger partial charge in [0.25, 0.3) is 6.43 Å². The molecule has 1 N–H and O–H groups in total. The third kappa shape index (κ3) is 2.70. The summed E-state index contributed by atoms with van der Waals surface area (Å²) in [6.07, 6.45) is -3.72. The average Bonchev–Trinajstić information content (AvgIpc) is 2.57. The molecule has 1 amide bonds. The zero-order valence-corrected chi connectivity index (χ0v) is 10.0. The second-order valence-electron chi connectivity index (χ2n) is 4.34. The second kappa shape index (κ2) is 5.16. The molecule has 1 saturated heterocycles. The lowest BCUT2D eigenvalue weighted by Gasteiger charge is -2.24. The standard InChI is InChI=1S/C12H12F4N2O/c1-6-12(19)18(5-10(15)16)11(17-6)8-3-2-7(13)4-9(8)14/h2-4,6,10-11,17H,5H2,1H3. The van der Waals surface area contributed by atoms with Crippen molar-refractivity contribution >= 4 is 5.91 Å². The third-order valence-electron chi connectivity index (χ3n) is 2.96. The van der Waals surface area contributed by atoms with Gasteiger partial charge in [0.1, 0.15) is 17.8 Å². The molecule has 1 aromatic rings. The van der Waals surface area contributed by atoms with E-state index in [0.29, 0.717) is 6.07 Å². The predicted octanol–water partition coefficient (Wildman–Crippen LogP) is 2.05. The summed E-state index contributed by atoms with van der Waals surface area (Å²) in [4.78, 5) is 12.6. The van der Waals surface area contributed by atoms with E-state index < -0.39 is 42.7 Å². The number of nitrogens with one attached hydrogen (secondary N) is 1. The molecule has 0 spiro atoms. The van der Waals surface area contributed by atoms with Crippen molar-refractivity contribution in [2.24, 2.45) is 0 Å². The van der Waals surface area contributed by atoms with Crippen LogP contribution in [0.5, 0.6) is 0 Å². The van der Waals surface area contributed by atoms with Crippen molar-refractivity contribution in [2.75, 3.05) is 6.54 Å². The van der Waals surface area contributed by atoms with Gasteiger partial charge in [0.15, 0.2) is 0 Å². The molecule has 1 fully saturated rings. The Kier molecular flexibility index (Phi) is 3.75. The molecule has 1 aliphatic heterocycles. The van der Waals surface area contributed by atoms with Gasteiger partial charge in [-0.3, -0.25) is 10.1 Å². The second-order valence-corrected chi connectivity index (χ2v) is 4.34. The van der Waals surface area contributed by atoms with E-state index in [1.165, 1.54) is 6.92 Å². The SMILES string of the molecule is CC1NC(c2ccc(F)cc2F)N(CC(F)F)C1=O. The lowest BCUT2D eigenvalue weighted by Crippen LogP contribution is -2.35. The number of benzene rings is 1. The number of halogens is 4. The largest absolute Gasteiger partial charge is 0.316 e. The van der Waals surface area contributed by atoms with Crippen LogP contribution in [0.1, 0.15) is 18.7 Å². The minimum absolute atomic E-state index is 0.0280. The Bertz CT molecular complexity index is 495. The maximum Gasteiger partial charge on any atom is 0.255 e. The van der Waals surface area contributed by atoms with Crippen LogP contribution < -0.4 is 5.32 Å². The quantitative estimate of drug-likeness (QED) is 0.857. The van der Waals surface area contributed by atoms with E-state index in [-0.39, 0.29) is 5.56 Å². The summed E-state index contributed by atoms with van der Waals surface area (Å²) in [5, 5.41) is 2.72. The maximum atomic E-state index is 13.7. The maximum absolute atomic E-state index is 13.7. The molecule has 19 heavy (non-hydrogen) atoms. The summed E-state index contributed by atoms with van der Waals surface area (Å²) in [6.45, 7) is 0.708. The first-order chi connectivity index (χ1) is 8.90. The van der Waals surface area contributed by atoms with Crippen LogP contribution in [0, 0.1) is 11.6 Å². The predicted molar refractivity (Wildman–Crippen MR) is 59.4 cm³/mol. The summed E-state index contributed by atoms with van der Waals surface area (Å²) in [6, 6.07) is 2.14. The van der Waals surface area contributed by atoms with Gasteiger partial charge in [-0.1, -0.05) is 0 Å². The molecular formula is C12H12F4N2O. The Morgan fingerprint density at radius 2 is 2.05 bits per heavy atom. The minimum Gasteiger partial charge on any atom is -0.316 e. The van der Waals surface area contributed by atoms with Crippen molar-refractivity contribution in [3.05, 3.63) is 35.4 Å². The van der Waals surface area contributed by atoms with Crippen LogP contribution >= 0.6 is 0 Å². The number of amides is 1. The first-order valence-electron chi connectivity index (χ1n) is 5.69. The molecule has 0 aliphatic carbocycles. The Morgan fingerprint density at radius 3 is 2.63 bits per heavy atom. The van der Waals surface area contributed by atoms with E-state index >= 15 is 0 Å². The van der Waals surface area contributed by atoms with E-state index in [2.05, 4.69) is 5.32 Å². The fraction of sp³-hybridized carbons (Fsp3) is 0.417. The van der Waals surface area contributed by atoms with Gasteiger partial charge in [-0.15, -0.1) is 0 Å². The molecule has 0 radical (unpaired) electrons. The Hall–Kier alpha value is -1.63. The van der Waals surface area contributed by atoms with Crippen molar-refractivity contribution in [2.45, 2.75) is 25.6 Å². The van der Waals surface area contributed by atoms with Crippen LogP contribution in [0.15, 0.2) is 18.2 Å². The van der Waals surface area contributed by atoms with E-state index in [1.807, 2.05) is 0 Å². The molecule has 7 heteroatoms. The minimum atomic E-state index is -2.72. The molecule has 0 aromatic heterocycles. The molecule has 104 valence electrons. The highest BCUT2D eigenvalue weighted by molar-refractivity contribution is 5.84. The fourth-order valence-corrected chi connectivity index (χ4v) is 2.10. The Labute approximate surface area is 107 Å². The number of carbonyl (C=O) groups excluding carboxylic acids is 1. The average molecular weight is 276 g/mol. The molecule has 0 bridgehead atoms. The first-order valence-corrected chi connectivity index (χ1v) is 5.69. The highest BCUT2D eigenvalue weighted by atomic mass is 19.3. The molecule has 1 heterocycles. The topological polar surface area (TPSA) is 32.3 Å². The molecule has 3 nitrogen and oxygen atoms in total. The van der Waals surface area contributed by atoms with Crippen molar-refractivity contribution in [1.29, 1.82) is 0 Å².